The number of benzene rings is 1. The van der Waals surface area contributed by atoms with Crippen LogP contribution in [0, 0.1) is 6.92 Å². The number of thioether (sulfide) groups is 1. The van der Waals surface area contributed by atoms with Crippen LogP contribution in [0.1, 0.15) is 36.6 Å². The average molecular weight is 395 g/mol. The predicted molar refractivity (Wildman–Crippen MR) is 111 cm³/mol. The van der Waals surface area contributed by atoms with Crippen LogP contribution < -0.4 is 10.6 Å². The Kier molecular flexibility index (Phi) is 8.25. The lowest BCUT2D eigenvalue weighted by atomic mass is 10.1. The second kappa shape index (κ2) is 10.4. The lowest BCUT2D eigenvalue weighted by Gasteiger charge is -2.19. The Hall–Kier alpha value is -1.73. The van der Waals surface area contributed by atoms with Crippen molar-refractivity contribution in [3.8, 4) is 0 Å². The quantitative estimate of drug-likeness (QED) is 0.408. The molecule has 0 radical (unpaired) electrons. The second-order valence-corrected chi connectivity index (χ2v) is 7.50. The zero-order valence-corrected chi connectivity index (χ0v) is 17.4. The molecule has 1 atom stereocenters. The molecule has 0 aliphatic carbocycles. The van der Waals surface area contributed by atoms with Crippen molar-refractivity contribution in [3.63, 3.8) is 0 Å². The standard InChI is InChI=1S/C18H27ClN6S/c1-13(15-6-8-16(19)9-7-15)22-18(20-10-5-11-26-4)21-12-17-24-23-14(2)25(17)3/h6-9,13H,5,10-12H2,1-4H3,(H2,20,21,22). The van der Waals surface area contributed by atoms with E-state index in [1.165, 1.54) is 0 Å². The number of aromatic nitrogens is 3. The summed E-state index contributed by atoms with van der Waals surface area (Å²) >= 11 is 7.83. The first-order chi connectivity index (χ1) is 12.5. The molecule has 1 aromatic heterocycles. The fourth-order valence-corrected chi connectivity index (χ4v) is 2.91. The van der Waals surface area contributed by atoms with E-state index in [0.717, 1.165) is 46.9 Å². The van der Waals surface area contributed by atoms with E-state index in [0.29, 0.717) is 6.54 Å². The van der Waals surface area contributed by atoms with Crippen LogP contribution in [0.25, 0.3) is 0 Å². The van der Waals surface area contributed by atoms with Crippen LogP contribution in [-0.4, -0.2) is 39.3 Å². The van der Waals surface area contributed by atoms with Crippen molar-refractivity contribution >= 4 is 29.3 Å². The van der Waals surface area contributed by atoms with Gasteiger partial charge in [-0.3, -0.25) is 0 Å². The van der Waals surface area contributed by atoms with Gasteiger partial charge in [-0.25, -0.2) is 4.99 Å². The molecule has 1 unspecified atom stereocenters. The SMILES string of the molecule is CSCCCNC(=NCc1nnc(C)n1C)NC(C)c1ccc(Cl)cc1. The van der Waals surface area contributed by atoms with Crippen molar-refractivity contribution in [2.24, 2.45) is 12.0 Å². The molecule has 0 bridgehead atoms. The molecule has 1 heterocycles. The van der Waals surface area contributed by atoms with E-state index in [1.54, 1.807) is 0 Å². The van der Waals surface area contributed by atoms with Crippen molar-refractivity contribution in [1.29, 1.82) is 0 Å². The molecule has 0 aliphatic rings. The molecule has 0 saturated heterocycles. The lowest BCUT2D eigenvalue weighted by molar-refractivity contribution is 0.674. The summed E-state index contributed by atoms with van der Waals surface area (Å²) in [6, 6.07) is 7.97. The third-order valence-electron chi connectivity index (χ3n) is 4.10. The first kappa shape index (κ1) is 20.6. The molecule has 2 aromatic rings. The van der Waals surface area contributed by atoms with Gasteiger partial charge in [-0.15, -0.1) is 10.2 Å². The monoisotopic (exact) mass is 394 g/mol. The molecular formula is C18H27ClN6S. The Labute approximate surface area is 164 Å². The van der Waals surface area contributed by atoms with Gasteiger partial charge in [-0.05, 0) is 50.0 Å². The van der Waals surface area contributed by atoms with Gasteiger partial charge in [0.1, 0.15) is 12.4 Å². The Bertz CT molecular complexity index is 713. The molecule has 0 fully saturated rings. The summed E-state index contributed by atoms with van der Waals surface area (Å²) in [5.74, 6) is 3.61. The number of aryl methyl sites for hydroxylation is 1. The van der Waals surface area contributed by atoms with Gasteiger partial charge in [-0.1, -0.05) is 23.7 Å². The van der Waals surface area contributed by atoms with Crippen molar-refractivity contribution in [3.05, 3.63) is 46.5 Å². The van der Waals surface area contributed by atoms with Crippen molar-refractivity contribution in [1.82, 2.24) is 25.4 Å². The highest BCUT2D eigenvalue weighted by atomic mass is 35.5. The maximum Gasteiger partial charge on any atom is 0.192 e. The van der Waals surface area contributed by atoms with Crippen LogP contribution in [0.5, 0.6) is 0 Å². The second-order valence-electron chi connectivity index (χ2n) is 6.08. The summed E-state index contributed by atoms with van der Waals surface area (Å²) in [5.41, 5.74) is 1.16. The highest BCUT2D eigenvalue weighted by molar-refractivity contribution is 7.98. The number of aliphatic imine (C=N–C) groups is 1. The fraction of sp³-hybridized carbons (Fsp3) is 0.500. The van der Waals surface area contributed by atoms with Gasteiger partial charge in [0.05, 0.1) is 6.04 Å². The van der Waals surface area contributed by atoms with Gasteiger partial charge in [-0.2, -0.15) is 11.8 Å². The average Bonchev–Trinajstić information content (AvgIpc) is 2.95. The number of hydrogen-bond acceptors (Lipinski definition) is 4. The fourth-order valence-electron chi connectivity index (χ4n) is 2.35. The number of nitrogens with zero attached hydrogens (tertiary/aromatic N) is 4. The molecule has 2 rings (SSSR count). The van der Waals surface area contributed by atoms with Gasteiger partial charge < -0.3 is 15.2 Å². The van der Waals surface area contributed by atoms with Crippen LogP contribution in [-0.2, 0) is 13.6 Å². The van der Waals surface area contributed by atoms with Crippen LogP contribution in [0.15, 0.2) is 29.3 Å². The normalized spacial score (nSPS) is 12.9. The summed E-state index contributed by atoms with van der Waals surface area (Å²) in [6.07, 6.45) is 3.20. The summed E-state index contributed by atoms with van der Waals surface area (Å²) in [6.45, 7) is 5.39. The highest BCUT2D eigenvalue weighted by Crippen LogP contribution is 2.16. The minimum absolute atomic E-state index is 0.111. The molecule has 1 aromatic carbocycles. The predicted octanol–water partition coefficient (Wildman–Crippen LogP) is 3.33. The third kappa shape index (κ3) is 6.21. The smallest absolute Gasteiger partial charge is 0.192 e. The van der Waals surface area contributed by atoms with E-state index in [1.807, 2.05) is 54.6 Å². The van der Waals surface area contributed by atoms with Crippen LogP contribution >= 0.6 is 23.4 Å². The zero-order valence-electron chi connectivity index (χ0n) is 15.8. The molecule has 142 valence electrons. The first-order valence-electron chi connectivity index (χ1n) is 8.65. The number of guanidine groups is 1. The molecule has 6 nitrogen and oxygen atoms in total. The molecular weight excluding hydrogens is 368 g/mol. The molecule has 26 heavy (non-hydrogen) atoms. The highest BCUT2D eigenvalue weighted by Gasteiger charge is 2.09. The summed E-state index contributed by atoms with van der Waals surface area (Å²) in [4.78, 5) is 4.69. The Balaban J connectivity index is 2.05. The van der Waals surface area contributed by atoms with E-state index in [4.69, 9.17) is 11.6 Å². The van der Waals surface area contributed by atoms with Gasteiger partial charge in [0.25, 0.3) is 0 Å². The van der Waals surface area contributed by atoms with Crippen molar-refractivity contribution < 1.29 is 0 Å². The van der Waals surface area contributed by atoms with E-state index in [2.05, 4.69) is 39.0 Å². The Morgan fingerprint density at radius 2 is 2.04 bits per heavy atom. The molecule has 0 aliphatic heterocycles. The van der Waals surface area contributed by atoms with Crippen LogP contribution in [0.2, 0.25) is 5.02 Å². The number of halogens is 1. The molecule has 2 N–H and O–H groups in total. The first-order valence-corrected chi connectivity index (χ1v) is 10.4. The summed E-state index contributed by atoms with van der Waals surface area (Å²) < 4.78 is 1.96. The molecule has 0 saturated carbocycles. The summed E-state index contributed by atoms with van der Waals surface area (Å²) in [5, 5.41) is 15.9. The topological polar surface area (TPSA) is 67.1 Å². The molecule has 0 spiro atoms. The number of nitrogens with one attached hydrogen (secondary N) is 2. The summed E-state index contributed by atoms with van der Waals surface area (Å²) in [7, 11) is 1.95. The maximum absolute atomic E-state index is 5.98. The number of rotatable bonds is 8. The Morgan fingerprint density at radius 1 is 1.31 bits per heavy atom. The van der Waals surface area contributed by atoms with Gasteiger partial charge in [0.2, 0.25) is 0 Å². The van der Waals surface area contributed by atoms with Crippen molar-refractivity contribution in [2.45, 2.75) is 32.9 Å². The lowest BCUT2D eigenvalue weighted by Crippen LogP contribution is -2.39. The van der Waals surface area contributed by atoms with Gasteiger partial charge in [0, 0.05) is 18.6 Å². The van der Waals surface area contributed by atoms with Crippen LogP contribution in [0.4, 0.5) is 0 Å². The van der Waals surface area contributed by atoms with E-state index >= 15 is 0 Å². The van der Waals surface area contributed by atoms with Crippen molar-refractivity contribution in [2.75, 3.05) is 18.6 Å². The van der Waals surface area contributed by atoms with Gasteiger partial charge in [0.15, 0.2) is 11.8 Å². The minimum atomic E-state index is 0.111. The van der Waals surface area contributed by atoms with Gasteiger partial charge >= 0.3 is 0 Å². The minimum Gasteiger partial charge on any atom is -0.356 e. The largest absolute Gasteiger partial charge is 0.356 e. The van der Waals surface area contributed by atoms with E-state index in [-0.39, 0.29) is 6.04 Å². The number of hydrogen-bond donors (Lipinski definition) is 2. The van der Waals surface area contributed by atoms with E-state index in [9.17, 15) is 0 Å². The van der Waals surface area contributed by atoms with Crippen LogP contribution in [0.3, 0.4) is 0 Å². The van der Waals surface area contributed by atoms with E-state index < -0.39 is 0 Å². The molecule has 0 amide bonds. The Morgan fingerprint density at radius 3 is 2.65 bits per heavy atom. The zero-order chi connectivity index (χ0) is 18.9. The molecule has 8 heteroatoms. The maximum atomic E-state index is 5.98. The third-order valence-corrected chi connectivity index (χ3v) is 5.05.